The van der Waals surface area contributed by atoms with Gasteiger partial charge in [-0.2, -0.15) is 0 Å². The Morgan fingerprint density at radius 3 is 2.59 bits per heavy atom. The van der Waals surface area contributed by atoms with Crippen molar-refractivity contribution in [3.63, 3.8) is 0 Å². The Morgan fingerprint density at radius 1 is 1.15 bits per heavy atom. The van der Waals surface area contributed by atoms with Crippen molar-refractivity contribution in [3.8, 4) is 11.5 Å². The highest BCUT2D eigenvalue weighted by atomic mass is 16.5. The number of ether oxygens (including phenoxy) is 3. The van der Waals surface area contributed by atoms with Gasteiger partial charge in [0.05, 0.1) is 26.4 Å². The summed E-state index contributed by atoms with van der Waals surface area (Å²) in [7, 11) is 1.66. The molecule has 2 heterocycles. The van der Waals surface area contributed by atoms with Crippen molar-refractivity contribution in [3.05, 3.63) is 23.8 Å². The van der Waals surface area contributed by atoms with Crippen molar-refractivity contribution >= 4 is 0 Å². The minimum atomic E-state index is -0.557. The van der Waals surface area contributed by atoms with Crippen LogP contribution >= 0.6 is 0 Å². The van der Waals surface area contributed by atoms with Crippen LogP contribution in [0.25, 0.3) is 0 Å². The van der Waals surface area contributed by atoms with E-state index in [4.69, 9.17) is 14.2 Å². The van der Waals surface area contributed by atoms with Crippen molar-refractivity contribution in [2.45, 2.75) is 31.6 Å². The number of benzene rings is 1. The van der Waals surface area contributed by atoms with E-state index in [1.165, 1.54) is 0 Å². The Kier molecular flexibility index (Phi) is 7.72. The lowest BCUT2D eigenvalue weighted by Gasteiger charge is -2.31. The molecule has 7 heteroatoms. The monoisotopic (exact) mass is 380 g/mol. The summed E-state index contributed by atoms with van der Waals surface area (Å²) >= 11 is 0. The van der Waals surface area contributed by atoms with Gasteiger partial charge in [0, 0.05) is 44.8 Å². The maximum atomic E-state index is 10.4. The second-order valence-electron chi connectivity index (χ2n) is 7.36. The number of likely N-dealkylation sites (tertiary alicyclic amines) is 1. The van der Waals surface area contributed by atoms with Gasteiger partial charge < -0.3 is 29.3 Å². The Hall–Kier alpha value is -1.38. The summed E-state index contributed by atoms with van der Waals surface area (Å²) in [5.41, 5.74) is 1.06. The van der Waals surface area contributed by atoms with Crippen LogP contribution in [0.5, 0.6) is 11.5 Å². The van der Waals surface area contributed by atoms with Crippen LogP contribution < -0.4 is 9.47 Å². The largest absolute Gasteiger partial charge is 0.497 e. The summed E-state index contributed by atoms with van der Waals surface area (Å²) in [6.07, 6.45) is 0.793. The number of morpholine rings is 1. The van der Waals surface area contributed by atoms with Crippen molar-refractivity contribution in [1.29, 1.82) is 0 Å². The molecule has 1 aromatic rings. The third kappa shape index (κ3) is 6.33. The van der Waals surface area contributed by atoms with Crippen molar-refractivity contribution < 1.29 is 24.4 Å². The second-order valence-corrected chi connectivity index (χ2v) is 7.36. The minimum Gasteiger partial charge on any atom is -0.497 e. The average Bonchev–Trinajstić information content (AvgIpc) is 2.69. The number of hydrogen-bond acceptors (Lipinski definition) is 7. The highest BCUT2D eigenvalue weighted by molar-refractivity contribution is 5.40. The van der Waals surface area contributed by atoms with Gasteiger partial charge in [-0.15, -0.1) is 0 Å². The van der Waals surface area contributed by atoms with Gasteiger partial charge in [-0.1, -0.05) is 0 Å². The molecule has 0 bridgehead atoms. The lowest BCUT2D eigenvalue weighted by molar-refractivity contribution is 0.0300. The third-order valence-electron chi connectivity index (χ3n) is 5.22. The van der Waals surface area contributed by atoms with Gasteiger partial charge in [0.15, 0.2) is 0 Å². The number of nitrogens with zero attached hydrogens (tertiary/aromatic N) is 2. The lowest BCUT2D eigenvalue weighted by atomic mass is 10.1. The van der Waals surface area contributed by atoms with Gasteiger partial charge in [-0.3, -0.25) is 4.90 Å². The van der Waals surface area contributed by atoms with Gasteiger partial charge >= 0.3 is 0 Å². The van der Waals surface area contributed by atoms with E-state index in [0.717, 1.165) is 75.8 Å². The zero-order valence-corrected chi connectivity index (χ0v) is 16.2. The van der Waals surface area contributed by atoms with Gasteiger partial charge in [0.1, 0.15) is 24.2 Å². The second kappa shape index (κ2) is 10.2. The summed E-state index contributed by atoms with van der Waals surface area (Å²) in [4.78, 5) is 4.52. The SMILES string of the molecule is COc1ccc(OC[C@@H](O)CN2CCC(O)CC2)c(CN2CCOCC2)c1. The number of methoxy groups -OCH3 is 1. The molecule has 2 saturated heterocycles. The molecule has 1 atom stereocenters. The average molecular weight is 380 g/mol. The zero-order chi connectivity index (χ0) is 19.1. The van der Waals surface area contributed by atoms with Crippen molar-refractivity contribution in [2.24, 2.45) is 0 Å². The number of rotatable bonds is 8. The van der Waals surface area contributed by atoms with E-state index in [-0.39, 0.29) is 12.7 Å². The molecule has 0 saturated carbocycles. The van der Waals surface area contributed by atoms with Crippen molar-refractivity contribution in [2.75, 3.05) is 59.7 Å². The summed E-state index contributed by atoms with van der Waals surface area (Å²) in [5, 5.41) is 19.9. The van der Waals surface area contributed by atoms with E-state index >= 15 is 0 Å². The third-order valence-corrected chi connectivity index (χ3v) is 5.22. The fourth-order valence-corrected chi connectivity index (χ4v) is 3.59. The summed E-state index contributed by atoms with van der Waals surface area (Å²) in [5.74, 6) is 1.59. The number of aliphatic hydroxyl groups is 2. The Morgan fingerprint density at radius 2 is 1.89 bits per heavy atom. The minimum absolute atomic E-state index is 0.198. The quantitative estimate of drug-likeness (QED) is 0.688. The number of piperidine rings is 1. The number of β-amino-alcohol motifs (C(OH)–C–C–N with tert-alkyl or cyclic N) is 1. The molecule has 7 nitrogen and oxygen atoms in total. The lowest BCUT2D eigenvalue weighted by Crippen LogP contribution is -2.41. The summed E-state index contributed by atoms with van der Waals surface area (Å²) < 4.78 is 16.7. The van der Waals surface area contributed by atoms with E-state index < -0.39 is 6.10 Å². The predicted molar refractivity (Wildman–Crippen MR) is 102 cm³/mol. The molecule has 0 aliphatic carbocycles. The first-order valence-electron chi connectivity index (χ1n) is 9.82. The van der Waals surface area contributed by atoms with Crippen LogP contribution in [0.15, 0.2) is 18.2 Å². The van der Waals surface area contributed by atoms with E-state index in [0.29, 0.717) is 6.54 Å². The highest BCUT2D eigenvalue weighted by Gasteiger charge is 2.20. The normalized spacial score (nSPS) is 21.1. The molecule has 0 spiro atoms. The maximum absolute atomic E-state index is 10.4. The van der Waals surface area contributed by atoms with Crippen LogP contribution in [0.2, 0.25) is 0 Å². The zero-order valence-electron chi connectivity index (χ0n) is 16.2. The van der Waals surface area contributed by atoms with E-state index in [1.54, 1.807) is 7.11 Å². The molecule has 1 aromatic carbocycles. The predicted octanol–water partition coefficient (Wildman–Crippen LogP) is 0.724. The van der Waals surface area contributed by atoms with Crippen LogP contribution in [0.3, 0.4) is 0 Å². The standard InChI is InChI=1S/C20H32N2O5/c1-25-19-2-3-20(16(12-19)13-22-8-10-26-11-9-22)27-15-18(24)14-21-6-4-17(23)5-7-21/h2-3,12,17-18,23-24H,4-11,13-15H2,1H3/t18-/m0/s1. The van der Waals surface area contributed by atoms with Gasteiger partial charge in [-0.25, -0.2) is 0 Å². The molecule has 2 fully saturated rings. The Balaban J connectivity index is 1.54. The molecule has 0 aromatic heterocycles. The van der Waals surface area contributed by atoms with Crippen LogP contribution in [0.1, 0.15) is 18.4 Å². The highest BCUT2D eigenvalue weighted by Crippen LogP contribution is 2.26. The molecule has 3 rings (SSSR count). The molecule has 27 heavy (non-hydrogen) atoms. The van der Waals surface area contributed by atoms with Crippen molar-refractivity contribution in [1.82, 2.24) is 9.80 Å². The maximum Gasteiger partial charge on any atom is 0.124 e. The van der Waals surface area contributed by atoms with E-state index in [9.17, 15) is 10.2 Å². The van der Waals surface area contributed by atoms with Gasteiger partial charge in [-0.05, 0) is 31.0 Å². The number of hydrogen-bond donors (Lipinski definition) is 2. The molecule has 0 amide bonds. The molecule has 0 unspecified atom stereocenters. The molecular formula is C20H32N2O5. The molecule has 2 aliphatic rings. The molecule has 2 aliphatic heterocycles. The molecule has 2 N–H and O–H groups in total. The van der Waals surface area contributed by atoms with E-state index in [2.05, 4.69) is 9.80 Å². The van der Waals surface area contributed by atoms with E-state index in [1.807, 2.05) is 18.2 Å². The first-order chi connectivity index (χ1) is 13.1. The summed E-state index contributed by atoms with van der Waals surface area (Å²) in [6.45, 7) is 6.55. The Labute approximate surface area is 161 Å². The molecule has 152 valence electrons. The molecule has 0 radical (unpaired) electrons. The van der Waals surface area contributed by atoms with Crippen LogP contribution in [-0.4, -0.2) is 91.9 Å². The molecular weight excluding hydrogens is 348 g/mol. The topological polar surface area (TPSA) is 74.6 Å². The number of aliphatic hydroxyl groups excluding tert-OH is 2. The first-order valence-corrected chi connectivity index (χ1v) is 9.82. The fraction of sp³-hybridized carbons (Fsp3) is 0.700. The van der Waals surface area contributed by atoms with Crippen LogP contribution in [0, 0.1) is 0 Å². The van der Waals surface area contributed by atoms with Gasteiger partial charge in [0.25, 0.3) is 0 Å². The Bertz CT molecular complexity index is 571. The van der Waals surface area contributed by atoms with Gasteiger partial charge in [0.2, 0.25) is 0 Å². The van der Waals surface area contributed by atoms with Crippen LogP contribution in [0.4, 0.5) is 0 Å². The fourth-order valence-electron chi connectivity index (χ4n) is 3.59. The van der Waals surface area contributed by atoms with Crippen LogP contribution in [-0.2, 0) is 11.3 Å². The first kappa shape index (κ1) is 20.4. The smallest absolute Gasteiger partial charge is 0.124 e. The summed E-state index contributed by atoms with van der Waals surface area (Å²) in [6, 6.07) is 5.80.